The van der Waals surface area contributed by atoms with Crippen LogP contribution in [0.4, 0.5) is 0 Å². The van der Waals surface area contributed by atoms with Gasteiger partial charge in [-0.25, -0.2) is 8.42 Å². The van der Waals surface area contributed by atoms with Gasteiger partial charge < -0.3 is 10.2 Å². The predicted molar refractivity (Wildman–Crippen MR) is 94.3 cm³/mol. The highest BCUT2D eigenvalue weighted by Crippen LogP contribution is 2.16. The molecule has 0 atom stereocenters. The lowest BCUT2D eigenvalue weighted by Gasteiger charge is -2.30. The van der Waals surface area contributed by atoms with Gasteiger partial charge in [0.1, 0.15) is 0 Å². The molecule has 7 heteroatoms. The molecule has 24 heavy (non-hydrogen) atoms. The van der Waals surface area contributed by atoms with E-state index in [1.54, 1.807) is 31.2 Å². The van der Waals surface area contributed by atoms with Gasteiger partial charge in [-0.05, 0) is 52.0 Å². The van der Waals surface area contributed by atoms with E-state index in [0.717, 1.165) is 31.5 Å². The van der Waals surface area contributed by atoms with Gasteiger partial charge in [-0.2, -0.15) is 4.31 Å². The number of piperidine rings is 1. The second-order valence-electron chi connectivity index (χ2n) is 6.39. The first kappa shape index (κ1) is 18.9. The largest absolute Gasteiger partial charge is 0.352 e. The Labute approximate surface area is 144 Å². The summed E-state index contributed by atoms with van der Waals surface area (Å²) in [6.45, 7) is 5.67. The minimum Gasteiger partial charge on any atom is -0.352 e. The smallest absolute Gasteiger partial charge is 0.243 e. The number of aryl methyl sites for hydroxylation is 1. The van der Waals surface area contributed by atoms with Crippen molar-refractivity contribution in [2.24, 2.45) is 0 Å². The standard InChI is InChI=1S/C17H27N3O3S/c1-4-20(24(22,23)16-7-5-14(2)6-8-16)13-17(21)18-15-9-11-19(3)12-10-15/h5-8,15H,4,9-13H2,1-3H3,(H,18,21). The lowest BCUT2D eigenvalue weighted by molar-refractivity contribution is -0.122. The first-order valence-electron chi connectivity index (χ1n) is 8.37. The summed E-state index contributed by atoms with van der Waals surface area (Å²) >= 11 is 0. The molecule has 1 amide bonds. The van der Waals surface area contributed by atoms with Crippen molar-refractivity contribution in [3.63, 3.8) is 0 Å². The molecule has 0 aliphatic carbocycles. The van der Waals surface area contributed by atoms with Crippen LogP contribution in [0.25, 0.3) is 0 Å². The molecule has 0 radical (unpaired) electrons. The van der Waals surface area contributed by atoms with E-state index < -0.39 is 10.0 Å². The van der Waals surface area contributed by atoms with E-state index in [1.165, 1.54) is 4.31 Å². The fourth-order valence-electron chi connectivity index (χ4n) is 2.81. The molecule has 1 aromatic carbocycles. The van der Waals surface area contributed by atoms with Gasteiger partial charge in [-0.1, -0.05) is 24.6 Å². The van der Waals surface area contributed by atoms with Crippen LogP contribution < -0.4 is 5.32 Å². The highest BCUT2D eigenvalue weighted by Gasteiger charge is 2.26. The Morgan fingerprint density at radius 1 is 1.25 bits per heavy atom. The van der Waals surface area contributed by atoms with Crippen LogP contribution in [-0.4, -0.2) is 62.8 Å². The third-order valence-electron chi connectivity index (χ3n) is 4.42. The zero-order valence-electron chi connectivity index (χ0n) is 14.7. The highest BCUT2D eigenvalue weighted by molar-refractivity contribution is 7.89. The van der Waals surface area contributed by atoms with Gasteiger partial charge >= 0.3 is 0 Å². The summed E-state index contributed by atoms with van der Waals surface area (Å²) in [4.78, 5) is 14.7. The van der Waals surface area contributed by atoms with Gasteiger partial charge in [0.2, 0.25) is 15.9 Å². The average Bonchev–Trinajstić information content (AvgIpc) is 2.55. The Hall–Kier alpha value is -1.44. The molecule has 0 bridgehead atoms. The molecule has 1 saturated heterocycles. The number of sulfonamides is 1. The highest BCUT2D eigenvalue weighted by atomic mass is 32.2. The van der Waals surface area contributed by atoms with Gasteiger partial charge in [0.15, 0.2) is 0 Å². The van der Waals surface area contributed by atoms with Crippen LogP contribution in [0.15, 0.2) is 29.2 Å². The first-order valence-corrected chi connectivity index (χ1v) is 9.81. The van der Waals surface area contributed by atoms with E-state index >= 15 is 0 Å². The van der Waals surface area contributed by atoms with Crippen LogP contribution in [0.1, 0.15) is 25.3 Å². The molecular formula is C17H27N3O3S. The summed E-state index contributed by atoms with van der Waals surface area (Å²) in [6, 6.07) is 6.83. The van der Waals surface area contributed by atoms with Crippen LogP contribution in [0.3, 0.4) is 0 Å². The van der Waals surface area contributed by atoms with Gasteiger partial charge in [-0.15, -0.1) is 0 Å². The fraction of sp³-hybridized carbons (Fsp3) is 0.588. The molecule has 6 nitrogen and oxygen atoms in total. The number of carbonyl (C=O) groups excluding carboxylic acids is 1. The van der Waals surface area contributed by atoms with Crippen molar-refractivity contribution in [2.75, 3.05) is 33.2 Å². The summed E-state index contributed by atoms with van der Waals surface area (Å²) in [5, 5.41) is 2.97. The van der Waals surface area contributed by atoms with Gasteiger partial charge in [0.25, 0.3) is 0 Å². The van der Waals surface area contributed by atoms with Crippen LogP contribution in [0.5, 0.6) is 0 Å². The molecule has 1 aliphatic rings. The SMILES string of the molecule is CCN(CC(=O)NC1CCN(C)CC1)S(=O)(=O)c1ccc(C)cc1. The first-order chi connectivity index (χ1) is 11.3. The van der Waals surface area contributed by atoms with Crippen molar-refractivity contribution in [1.29, 1.82) is 0 Å². The van der Waals surface area contributed by atoms with Crippen LogP contribution in [-0.2, 0) is 14.8 Å². The number of nitrogens with one attached hydrogen (secondary N) is 1. The zero-order chi connectivity index (χ0) is 17.7. The fourth-order valence-corrected chi connectivity index (χ4v) is 4.22. The van der Waals surface area contributed by atoms with E-state index in [9.17, 15) is 13.2 Å². The number of carbonyl (C=O) groups is 1. The number of amides is 1. The van der Waals surface area contributed by atoms with Crippen molar-refractivity contribution in [3.8, 4) is 0 Å². The Balaban J connectivity index is 2.00. The maximum Gasteiger partial charge on any atom is 0.243 e. The maximum absolute atomic E-state index is 12.7. The third-order valence-corrected chi connectivity index (χ3v) is 6.35. The Morgan fingerprint density at radius 2 is 1.83 bits per heavy atom. The summed E-state index contributed by atoms with van der Waals surface area (Å²) < 4.78 is 26.6. The molecule has 1 aliphatic heterocycles. The molecule has 134 valence electrons. The van der Waals surface area contributed by atoms with Gasteiger partial charge in [0.05, 0.1) is 11.4 Å². The number of likely N-dealkylation sites (tertiary alicyclic amines) is 1. The predicted octanol–water partition coefficient (Wildman–Crippen LogP) is 1.22. The molecule has 0 spiro atoms. The molecule has 0 aromatic heterocycles. The number of rotatable bonds is 6. The Morgan fingerprint density at radius 3 is 2.38 bits per heavy atom. The van der Waals surface area contributed by atoms with E-state index in [-0.39, 0.29) is 29.9 Å². The van der Waals surface area contributed by atoms with Crippen molar-refractivity contribution in [3.05, 3.63) is 29.8 Å². The van der Waals surface area contributed by atoms with E-state index in [4.69, 9.17) is 0 Å². The van der Waals surface area contributed by atoms with Crippen molar-refractivity contribution in [1.82, 2.24) is 14.5 Å². The maximum atomic E-state index is 12.7. The minimum atomic E-state index is -3.65. The van der Waals surface area contributed by atoms with Gasteiger partial charge in [-0.3, -0.25) is 4.79 Å². The summed E-state index contributed by atoms with van der Waals surface area (Å²) in [7, 11) is -1.59. The molecule has 2 rings (SSSR count). The number of likely N-dealkylation sites (N-methyl/N-ethyl adjacent to an activating group) is 1. The summed E-state index contributed by atoms with van der Waals surface area (Å²) in [5.74, 6) is -0.234. The zero-order valence-corrected chi connectivity index (χ0v) is 15.5. The molecule has 0 saturated carbocycles. The average molecular weight is 353 g/mol. The van der Waals surface area contributed by atoms with E-state index in [2.05, 4.69) is 17.3 Å². The summed E-state index contributed by atoms with van der Waals surface area (Å²) in [5.41, 5.74) is 0.997. The second kappa shape index (κ2) is 8.09. The second-order valence-corrected chi connectivity index (χ2v) is 8.33. The van der Waals surface area contributed by atoms with E-state index in [0.29, 0.717) is 0 Å². The normalized spacial score (nSPS) is 17.2. The van der Waals surface area contributed by atoms with Crippen LogP contribution >= 0.6 is 0 Å². The topological polar surface area (TPSA) is 69.7 Å². The molecule has 1 fully saturated rings. The Bertz CT molecular complexity index is 650. The number of nitrogens with zero attached hydrogens (tertiary/aromatic N) is 2. The van der Waals surface area contributed by atoms with E-state index in [1.807, 2.05) is 6.92 Å². The van der Waals surface area contributed by atoms with Crippen molar-refractivity contribution in [2.45, 2.75) is 37.6 Å². The number of benzene rings is 1. The monoisotopic (exact) mass is 353 g/mol. The quantitative estimate of drug-likeness (QED) is 0.835. The third kappa shape index (κ3) is 4.78. The van der Waals surface area contributed by atoms with Crippen LogP contribution in [0, 0.1) is 6.92 Å². The molecular weight excluding hydrogens is 326 g/mol. The molecule has 1 aromatic rings. The number of hydrogen-bond acceptors (Lipinski definition) is 4. The Kier molecular flexibility index (Phi) is 6.37. The molecule has 1 N–H and O–H groups in total. The molecule has 0 unspecified atom stereocenters. The lowest BCUT2D eigenvalue weighted by Crippen LogP contribution is -2.47. The van der Waals surface area contributed by atoms with Crippen LogP contribution in [0.2, 0.25) is 0 Å². The van der Waals surface area contributed by atoms with Crippen molar-refractivity contribution < 1.29 is 13.2 Å². The lowest BCUT2D eigenvalue weighted by atomic mass is 10.1. The van der Waals surface area contributed by atoms with Crippen molar-refractivity contribution >= 4 is 15.9 Å². The van der Waals surface area contributed by atoms with Gasteiger partial charge in [0, 0.05) is 12.6 Å². The summed E-state index contributed by atoms with van der Waals surface area (Å²) in [6.07, 6.45) is 1.80. The molecule has 1 heterocycles. The minimum absolute atomic E-state index is 0.134. The number of hydrogen-bond donors (Lipinski definition) is 1.